The number of piperidine rings is 1. The second-order valence-electron chi connectivity index (χ2n) is 6.87. The van der Waals surface area contributed by atoms with Crippen LogP contribution in [0.1, 0.15) is 33.6 Å². The molecule has 1 unspecified atom stereocenters. The molecule has 1 atom stereocenters. The van der Waals surface area contributed by atoms with Crippen LogP contribution in [0, 0.1) is 11.3 Å². The third-order valence-corrected chi connectivity index (χ3v) is 3.80. The van der Waals surface area contributed by atoms with E-state index in [1.807, 2.05) is 25.7 Å². The minimum absolute atomic E-state index is 0. The number of nitrogens with zero attached hydrogens (tertiary/aromatic N) is 1. The number of rotatable bonds is 7. The van der Waals surface area contributed by atoms with Gasteiger partial charge in [-0.2, -0.15) is 0 Å². The van der Waals surface area contributed by atoms with Gasteiger partial charge in [-0.15, -0.1) is 12.4 Å². The normalized spacial score (nSPS) is 18.3. The molecule has 2 amide bonds. The summed E-state index contributed by atoms with van der Waals surface area (Å²) in [5, 5.41) is 6.13. The quantitative estimate of drug-likeness (QED) is 0.674. The van der Waals surface area contributed by atoms with Gasteiger partial charge in [0, 0.05) is 45.2 Å². The molecule has 1 fully saturated rings. The van der Waals surface area contributed by atoms with E-state index in [4.69, 9.17) is 4.74 Å². The van der Waals surface area contributed by atoms with Crippen LogP contribution in [-0.2, 0) is 14.3 Å². The predicted octanol–water partition coefficient (Wildman–Crippen LogP) is 1.05. The maximum atomic E-state index is 12.3. The van der Waals surface area contributed by atoms with Crippen LogP contribution >= 0.6 is 12.4 Å². The van der Waals surface area contributed by atoms with Crippen molar-refractivity contribution in [2.75, 3.05) is 46.4 Å². The second kappa shape index (κ2) is 10.8. The lowest BCUT2D eigenvalue weighted by atomic mass is 9.91. The number of halogens is 1. The van der Waals surface area contributed by atoms with Crippen LogP contribution in [0.3, 0.4) is 0 Å². The lowest BCUT2D eigenvalue weighted by Gasteiger charge is -2.35. The predicted molar refractivity (Wildman–Crippen MR) is 93.8 cm³/mol. The van der Waals surface area contributed by atoms with Gasteiger partial charge in [0.15, 0.2) is 0 Å². The number of ether oxygens (including phenoxy) is 1. The van der Waals surface area contributed by atoms with Crippen molar-refractivity contribution in [2.45, 2.75) is 33.6 Å². The van der Waals surface area contributed by atoms with Gasteiger partial charge in [-0.25, -0.2) is 0 Å². The van der Waals surface area contributed by atoms with Gasteiger partial charge in [0.05, 0.1) is 12.5 Å². The van der Waals surface area contributed by atoms with Crippen molar-refractivity contribution in [3.8, 4) is 0 Å². The average Bonchev–Trinajstić information content (AvgIpc) is 2.49. The van der Waals surface area contributed by atoms with Crippen LogP contribution in [0.2, 0.25) is 0 Å². The fraction of sp³-hybridized carbons (Fsp3) is 0.875. The molecule has 0 aliphatic carbocycles. The lowest BCUT2D eigenvalue weighted by Crippen LogP contribution is -2.49. The molecule has 0 saturated carbocycles. The molecule has 1 rings (SSSR count). The zero-order chi connectivity index (χ0) is 16.6. The number of carbonyl (C=O) groups is 2. The molecule has 0 bridgehead atoms. The highest BCUT2D eigenvalue weighted by Gasteiger charge is 2.33. The monoisotopic (exact) mass is 349 g/mol. The molecule has 1 aliphatic rings. The fourth-order valence-corrected chi connectivity index (χ4v) is 2.57. The van der Waals surface area contributed by atoms with E-state index in [0.717, 1.165) is 32.5 Å². The third-order valence-electron chi connectivity index (χ3n) is 3.80. The summed E-state index contributed by atoms with van der Waals surface area (Å²) in [5.41, 5.74) is -0.385. The van der Waals surface area contributed by atoms with Crippen LogP contribution in [0.15, 0.2) is 0 Å². The van der Waals surface area contributed by atoms with Gasteiger partial charge in [0.1, 0.15) is 0 Å². The zero-order valence-electron chi connectivity index (χ0n) is 14.8. The van der Waals surface area contributed by atoms with Crippen molar-refractivity contribution >= 4 is 24.2 Å². The first-order valence-corrected chi connectivity index (χ1v) is 8.13. The molecule has 0 aromatic carbocycles. The van der Waals surface area contributed by atoms with Gasteiger partial charge in [-0.05, 0) is 12.8 Å². The topological polar surface area (TPSA) is 70.7 Å². The van der Waals surface area contributed by atoms with Crippen LogP contribution in [0.5, 0.6) is 0 Å². The van der Waals surface area contributed by atoms with Crippen molar-refractivity contribution in [1.82, 2.24) is 15.5 Å². The summed E-state index contributed by atoms with van der Waals surface area (Å²) in [6, 6.07) is 0. The molecule has 1 heterocycles. The Morgan fingerprint density at radius 3 is 2.52 bits per heavy atom. The Morgan fingerprint density at radius 2 is 1.91 bits per heavy atom. The van der Waals surface area contributed by atoms with Crippen LogP contribution in [-0.4, -0.2) is 63.2 Å². The Balaban J connectivity index is 0.00000484. The van der Waals surface area contributed by atoms with Gasteiger partial charge < -0.3 is 20.3 Å². The fourth-order valence-electron chi connectivity index (χ4n) is 2.57. The van der Waals surface area contributed by atoms with E-state index in [-0.39, 0.29) is 35.6 Å². The zero-order valence-corrected chi connectivity index (χ0v) is 15.6. The summed E-state index contributed by atoms with van der Waals surface area (Å²) in [5.74, 6) is 0.102. The van der Waals surface area contributed by atoms with Gasteiger partial charge >= 0.3 is 0 Å². The van der Waals surface area contributed by atoms with Crippen molar-refractivity contribution in [3.05, 3.63) is 0 Å². The number of amides is 2. The van der Waals surface area contributed by atoms with E-state index >= 15 is 0 Å². The van der Waals surface area contributed by atoms with Crippen molar-refractivity contribution in [3.63, 3.8) is 0 Å². The first-order chi connectivity index (χ1) is 10.4. The Hall–Kier alpha value is -0.850. The minimum Gasteiger partial charge on any atom is -0.383 e. The van der Waals surface area contributed by atoms with Crippen LogP contribution in [0.4, 0.5) is 0 Å². The first kappa shape index (κ1) is 22.1. The highest BCUT2D eigenvalue weighted by atomic mass is 35.5. The summed E-state index contributed by atoms with van der Waals surface area (Å²) in [6.07, 6.45) is 1.75. The SMILES string of the molecule is COCCNCCNC(=O)C1CCCN(C(=O)C(C)(C)C)C1.Cl. The van der Waals surface area contributed by atoms with Gasteiger partial charge in [-0.3, -0.25) is 9.59 Å². The average molecular weight is 350 g/mol. The molecule has 136 valence electrons. The van der Waals surface area contributed by atoms with E-state index in [9.17, 15) is 9.59 Å². The molecular formula is C16H32ClN3O3. The van der Waals surface area contributed by atoms with E-state index in [1.165, 1.54) is 0 Å². The first-order valence-electron chi connectivity index (χ1n) is 8.13. The van der Waals surface area contributed by atoms with Crippen molar-refractivity contribution in [1.29, 1.82) is 0 Å². The Bertz CT molecular complexity index is 372. The number of likely N-dealkylation sites (tertiary alicyclic amines) is 1. The Kier molecular flexibility index (Phi) is 10.4. The molecule has 1 saturated heterocycles. The minimum atomic E-state index is -0.385. The maximum Gasteiger partial charge on any atom is 0.227 e. The number of hydrogen-bond donors (Lipinski definition) is 2. The molecule has 1 aliphatic heterocycles. The Labute approximate surface area is 146 Å². The molecule has 6 nitrogen and oxygen atoms in total. The van der Waals surface area contributed by atoms with Crippen LogP contribution < -0.4 is 10.6 Å². The van der Waals surface area contributed by atoms with Gasteiger partial charge in [0.2, 0.25) is 11.8 Å². The van der Waals surface area contributed by atoms with E-state index in [0.29, 0.717) is 19.7 Å². The van der Waals surface area contributed by atoms with Gasteiger partial charge in [-0.1, -0.05) is 20.8 Å². The molecule has 0 aromatic heterocycles. The molecule has 0 aromatic rings. The highest BCUT2D eigenvalue weighted by Crippen LogP contribution is 2.23. The number of methoxy groups -OCH3 is 1. The molecule has 2 N–H and O–H groups in total. The van der Waals surface area contributed by atoms with E-state index in [2.05, 4.69) is 10.6 Å². The molecule has 23 heavy (non-hydrogen) atoms. The van der Waals surface area contributed by atoms with Crippen LogP contribution in [0.25, 0.3) is 0 Å². The Morgan fingerprint density at radius 1 is 1.22 bits per heavy atom. The lowest BCUT2D eigenvalue weighted by molar-refractivity contribution is -0.142. The number of carbonyl (C=O) groups excluding carboxylic acids is 2. The van der Waals surface area contributed by atoms with Gasteiger partial charge in [0.25, 0.3) is 0 Å². The molecule has 7 heteroatoms. The second-order valence-corrected chi connectivity index (χ2v) is 6.87. The standard InChI is InChI=1S/C16H31N3O3.ClH/c1-16(2,3)15(21)19-10-5-6-13(12-19)14(20)18-8-7-17-9-11-22-4;/h13,17H,5-12H2,1-4H3,(H,18,20);1H. The highest BCUT2D eigenvalue weighted by molar-refractivity contribution is 5.85. The largest absolute Gasteiger partial charge is 0.383 e. The smallest absolute Gasteiger partial charge is 0.227 e. The van der Waals surface area contributed by atoms with E-state index < -0.39 is 0 Å². The third kappa shape index (κ3) is 7.99. The molecular weight excluding hydrogens is 318 g/mol. The number of nitrogens with one attached hydrogen (secondary N) is 2. The van der Waals surface area contributed by atoms with Crippen molar-refractivity contribution in [2.24, 2.45) is 11.3 Å². The summed E-state index contributed by atoms with van der Waals surface area (Å²) in [6.45, 7) is 9.85. The molecule has 0 radical (unpaired) electrons. The molecule has 0 spiro atoms. The maximum absolute atomic E-state index is 12.3. The summed E-state index contributed by atoms with van der Waals surface area (Å²) < 4.78 is 4.94. The summed E-state index contributed by atoms with van der Waals surface area (Å²) >= 11 is 0. The number of hydrogen-bond acceptors (Lipinski definition) is 4. The summed E-state index contributed by atoms with van der Waals surface area (Å²) in [7, 11) is 1.66. The van der Waals surface area contributed by atoms with E-state index in [1.54, 1.807) is 7.11 Å². The van der Waals surface area contributed by atoms with Crippen molar-refractivity contribution < 1.29 is 14.3 Å². The summed E-state index contributed by atoms with van der Waals surface area (Å²) in [4.78, 5) is 26.4.